The van der Waals surface area contributed by atoms with Crippen LogP contribution in [0.1, 0.15) is 0 Å². The topological polar surface area (TPSA) is 58.9 Å². The van der Waals surface area contributed by atoms with E-state index in [9.17, 15) is 4.79 Å². The van der Waals surface area contributed by atoms with Gasteiger partial charge in [0.25, 0.3) is 0 Å². The van der Waals surface area contributed by atoms with Crippen molar-refractivity contribution in [3.63, 3.8) is 0 Å². The van der Waals surface area contributed by atoms with Crippen LogP contribution in [0.5, 0.6) is 0 Å². The molecule has 3 nitrogen and oxygen atoms in total. The molecule has 66 valence electrons. The van der Waals surface area contributed by atoms with Gasteiger partial charge in [-0.2, -0.15) is 0 Å². The Hall–Kier alpha value is -1.48. The summed E-state index contributed by atoms with van der Waals surface area (Å²) in [6.07, 6.45) is 0. The number of rotatable bonds is 0. The Bertz CT molecular complexity index is 518. The third kappa shape index (κ3) is 1.27. The molecule has 2 rings (SSSR count). The zero-order valence-corrected chi connectivity index (χ0v) is 7.43. The minimum Gasteiger partial charge on any atom is -0.385 e. The lowest BCUT2D eigenvalue weighted by Crippen LogP contribution is -2.04. The van der Waals surface area contributed by atoms with E-state index in [0.29, 0.717) is 21.7 Å². The summed E-state index contributed by atoms with van der Waals surface area (Å²) in [6.45, 7) is 0. The summed E-state index contributed by atoms with van der Waals surface area (Å²) in [7, 11) is 0. The van der Waals surface area contributed by atoms with Crippen LogP contribution >= 0.6 is 11.6 Å². The summed E-state index contributed by atoms with van der Waals surface area (Å²) in [6, 6.07) is 6.53. The molecule has 0 bridgehead atoms. The van der Waals surface area contributed by atoms with Gasteiger partial charge in [0.2, 0.25) is 0 Å². The Morgan fingerprint density at radius 3 is 2.92 bits per heavy atom. The van der Waals surface area contributed by atoms with Gasteiger partial charge in [-0.05, 0) is 12.1 Å². The number of anilines is 1. The Labute approximate surface area is 79.1 Å². The first-order chi connectivity index (χ1) is 6.18. The largest absolute Gasteiger partial charge is 0.385 e. The lowest BCUT2D eigenvalue weighted by Gasteiger charge is -2.00. The molecular formula is C9H7ClN2O. The Morgan fingerprint density at radius 2 is 2.15 bits per heavy atom. The summed E-state index contributed by atoms with van der Waals surface area (Å²) < 4.78 is 0. The Balaban J connectivity index is 3.03. The molecule has 0 aliphatic heterocycles. The van der Waals surface area contributed by atoms with Gasteiger partial charge in [-0.25, -0.2) is 0 Å². The number of aromatic amines is 1. The minimum atomic E-state index is -0.156. The van der Waals surface area contributed by atoms with Crippen LogP contribution in [-0.4, -0.2) is 4.98 Å². The van der Waals surface area contributed by atoms with E-state index < -0.39 is 0 Å². The molecule has 0 saturated heterocycles. The molecule has 0 aliphatic rings. The standard InChI is InChI=1S/C9H7ClN2O/c10-5-2-1-3-6-9(5)7(13)4-8(11)12-6/h1-4H,(H3,11,12,13). The van der Waals surface area contributed by atoms with Crippen LogP contribution in [0.25, 0.3) is 10.9 Å². The molecule has 0 amide bonds. The van der Waals surface area contributed by atoms with Gasteiger partial charge in [0.1, 0.15) is 5.82 Å². The number of H-pyrrole nitrogens is 1. The second-order valence-corrected chi connectivity index (χ2v) is 3.16. The fourth-order valence-corrected chi connectivity index (χ4v) is 1.55. The van der Waals surface area contributed by atoms with Crippen molar-refractivity contribution in [2.45, 2.75) is 0 Å². The highest BCUT2D eigenvalue weighted by Gasteiger charge is 2.03. The number of aromatic nitrogens is 1. The van der Waals surface area contributed by atoms with Gasteiger partial charge >= 0.3 is 0 Å². The number of nitrogen functional groups attached to an aromatic ring is 1. The SMILES string of the molecule is Nc1cc(=O)c2c(Cl)cccc2[nH]1. The van der Waals surface area contributed by atoms with E-state index in [0.717, 1.165) is 0 Å². The van der Waals surface area contributed by atoms with Gasteiger partial charge in [0, 0.05) is 6.07 Å². The Kier molecular flexibility index (Phi) is 1.74. The van der Waals surface area contributed by atoms with E-state index in [4.69, 9.17) is 17.3 Å². The van der Waals surface area contributed by atoms with Gasteiger partial charge < -0.3 is 10.7 Å². The third-order valence-corrected chi connectivity index (χ3v) is 2.14. The van der Waals surface area contributed by atoms with Crippen LogP contribution in [0.3, 0.4) is 0 Å². The molecule has 0 atom stereocenters. The molecule has 4 heteroatoms. The van der Waals surface area contributed by atoms with E-state index in [2.05, 4.69) is 4.98 Å². The van der Waals surface area contributed by atoms with E-state index >= 15 is 0 Å². The van der Waals surface area contributed by atoms with Crippen LogP contribution in [0.2, 0.25) is 5.02 Å². The summed E-state index contributed by atoms with van der Waals surface area (Å²) in [5.74, 6) is 0.347. The smallest absolute Gasteiger partial charge is 0.193 e. The van der Waals surface area contributed by atoms with Gasteiger partial charge in [-0.1, -0.05) is 17.7 Å². The van der Waals surface area contributed by atoms with Crippen molar-refractivity contribution in [2.75, 3.05) is 5.73 Å². The van der Waals surface area contributed by atoms with E-state index in [1.165, 1.54) is 6.07 Å². The average Bonchev–Trinajstić information content (AvgIpc) is 2.02. The maximum absolute atomic E-state index is 11.4. The normalized spacial score (nSPS) is 10.5. The first kappa shape index (κ1) is 8.13. The van der Waals surface area contributed by atoms with E-state index in [1.54, 1.807) is 18.2 Å². The third-order valence-electron chi connectivity index (χ3n) is 1.83. The van der Waals surface area contributed by atoms with Crippen molar-refractivity contribution in [1.82, 2.24) is 4.98 Å². The molecule has 13 heavy (non-hydrogen) atoms. The molecule has 0 saturated carbocycles. The first-order valence-electron chi connectivity index (χ1n) is 3.75. The molecule has 1 aromatic heterocycles. The minimum absolute atomic E-state index is 0.156. The average molecular weight is 195 g/mol. The zero-order valence-electron chi connectivity index (χ0n) is 6.67. The highest BCUT2D eigenvalue weighted by Crippen LogP contribution is 2.18. The van der Waals surface area contributed by atoms with E-state index in [-0.39, 0.29) is 5.43 Å². The summed E-state index contributed by atoms with van der Waals surface area (Å²) in [4.78, 5) is 14.3. The summed E-state index contributed by atoms with van der Waals surface area (Å²) >= 11 is 5.85. The molecule has 3 N–H and O–H groups in total. The maximum Gasteiger partial charge on any atom is 0.193 e. The second-order valence-electron chi connectivity index (χ2n) is 2.75. The summed E-state index contributed by atoms with van der Waals surface area (Å²) in [5.41, 5.74) is 5.98. The van der Waals surface area contributed by atoms with Crippen molar-refractivity contribution >= 4 is 28.3 Å². The number of fused-ring (bicyclic) bond motifs is 1. The monoisotopic (exact) mass is 194 g/mol. The van der Waals surface area contributed by atoms with Gasteiger partial charge in [-0.3, -0.25) is 4.79 Å². The van der Waals surface area contributed by atoms with Crippen molar-refractivity contribution in [1.29, 1.82) is 0 Å². The second kappa shape index (κ2) is 2.78. The molecule has 1 aromatic carbocycles. The molecule has 0 fully saturated rings. The lowest BCUT2D eigenvalue weighted by molar-refractivity contribution is 1.39. The van der Waals surface area contributed by atoms with Gasteiger partial charge in [-0.15, -0.1) is 0 Å². The van der Waals surface area contributed by atoms with Crippen LogP contribution in [-0.2, 0) is 0 Å². The van der Waals surface area contributed by atoms with Crippen molar-refractivity contribution in [3.05, 3.63) is 39.5 Å². The van der Waals surface area contributed by atoms with Crippen LogP contribution in [0.4, 0.5) is 5.82 Å². The fourth-order valence-electron chi connectivity index (χ4n) is 1.28. The quantitative estimate of drug-likeness (QED) is 0.672. The number of pyridine rings is 1. The van der Waals surface area contributed by atoms with E-state index in [1.807, 2.05) is 0 Å². The lowest BCUT2D eigenvalue weighted by atomic mass is 10.2. The predicted molar refractivity (Wildman–Crippen MR) is 54.0 cm³/mol. The predicted octanol–water partition coefficient (Wildman–Crippen LogP) is 1.76. The zero-order chi connectivity index (χ0) is 9.42. The number of halogens is 1. The van der Waals surface area contributed by atoms with Gasteiger partial charge in [0.05, 0.1) is 15.9 Å². The molecule has 2 aromatic rings. The molecule has 0 aliphatic carbocycles. The van der Waals surface area contributed by atoms with Crippen molar-refractivity contribution < 1.29 is 0 Å². The summed E-state index contributed by atoms with van der Waals surface area (Å²) in [5, 5.41) is 0.928. The molecule has 0 spiro atoms. The number of hydrogen-bond acceptors (Lipinski definition) is 2. The molecule has 0 radical (unpaired) electrons. The number of benzene rings is 1. The van der Waals surface area contributed by atoms with Crippen molar-refractivity contribution in [3.8, 4) is 0 Å². The highest BCUT2D eigenvalue weighted by atomic mass is 35.5. The molecular weight excluding hydrogens is 188 g/mol. The van der Waals surface area contributed by atoms with Crippen LogP contribution < -0.4 is 11.2 Å². The molecule has 1 heterocycles. The van der Waals surface area contributed by atoms with Crippen molar-refractivity contribution in [2.24, 2.45) is 0 Å². The number of nitrogens with two attached hydrogens (primary N) is 1. The first-order valence-corrected chi connectivity index (χ1v) is 4.13. The van der Waals surface area contributed by atoms with Crippen LogP contribution in [0, 0.1) is 0 Å². The Morgan fingerprint density at radius 1 is 1.38 bits per heavy atom. The highest BCUT2D eigenvalue weighted by molar-refractivity contribution is 6.35. The number of nitrogens with one attached hydrogen (secondary N) is 1. The molecule has 0 unspecified atom stereocenters. The maximum atomic E-state index is 11.4. The number of hydrogen-bond donors (Lipinski definition) is 2. The fraction of sp³-hybridized carbons (Fsp3) is 0. The van der Waals surface area contributed by atoms with Gasteiger partial charge in [0.15, 0.2) is 5.43 Å². The van der Waals surface area contributed by atoms with Crippen LogP contribution in [0.15, 0.2) is 29.1 Å².